The van der Waals surface area contributed by atoms with Crippen LogP contribution in [0.2, 0.25) is 0 Å². The Morgan fingerprint density at radius 1 is 0.204 bits per heavy atom. The number of aryl methyl sites for hydroxylation is 2. The van der Waals surface area contributed by atoms with Gasteiger partial charge in [0.1, 0.15) is 22.8 Å². The fourth-order valence-electron chi connectivity index (χ4n) is 22.5. The Morgan fingerprint density at radius 2 is 0.472 bits per heavy atom. The third kappa shape index (κ3) is 13.7. The molecule has 0 unspecified atom stereocenters. The number of anilines is 12. The molecule has 10 heteroatoms. The first kappa shape index (κ1) is 83.5. The largest absolute Gasteiger partial charge is 0.454 e. The lowest BCUT2D eigenvalue weighted by Crippen LogP contribution is -2.10. The lowest BCUT2D eigenvalue weighted by Gasteiger charge is -2.26. The Balaban J connectivity index is 0.000000143. The predicted molar refractivity (Wildman–Crippen MR) is 594 cm³/mol. The van der Waals surface area contributed by atoms with Crippen molar-refractivity contribution >= 4 is 231 Å². The van der Waals surface area contributed by atoms with Gasteiger partial charge in [0.05, 0.1) is 44.5 Å². The van der Waals surface area contributed by atoms with Crippen LogP contribution < -0.4 is 19.6 Å². The Hall–Kier alpha value is -17.9. The quantitative estimate of drug-likeness (QED) is 0.0961. The topological polar surface area (TPSA) is 48.1 Å². The van der Waals surface area contributed by atoms with Gasteiger partial charge in [0.2, 0.25) is 0 Å². The van der Waals surface area contributed by atoms with Crippen LogP contribution in [-0.2, 0) is 0 Å². The van der Waals surface area contributed by atoms with Crippen LogP contribution in [0.3, 0.4) is 0 Å². The molecule has 6 heterocycles. The Morgan fingerprint density at radius 3 is 0.782 bits per heavy atom. The maximum atomic E-state index is 14.3. The molecule has 0 atom stereocenters. The average Bonchev–Trinajstić information content (AvgIpc) is 1.53. The zero-order valence-corrected chi connectivity index (χ0v) is 79.0. The van der Waals surface area contributed by atoms with E-state index in [2.05, 4.69) is 458 Å². The first-order valence-corrected chi connectivity index (χ1v) is 48.9. The molecule has 28 aromatic rings. The highest BCUT2D eigenvalue weighted by molar-refractivity contribution is 6.30. The Kier molecular flexibility index (Phi) is 19.4. The van der Waals surface area contributed by atoms with E-state index in [4.69, 9.17) is 8.83 Å². The second-order valence-electron chi connectivity index (χ2n) is 38.7. The van der Waals surface area contributed by atoms with E-state index >= 15 is 0 Å². The number of rotatable bonds is 16. The van der Waals surface area contributed by atoms with E-state index in [1.165, 1.54) is 134 Å². The number of aromatic nitrogens is 2. The van der Waals surface area contributed by atoms with Gasteiger partial charge in [-0.15, -0.1) is 0 Å². The molecule has 0 spiro atoms. The van der Waals surface area contributed by atoms with Gasteiger partial charge in [-0.3, -0.25) is 0 Å². The van der Waals surface area contributed by atoms with Gasteiger partial charge in [0.15, 0.2) is 11.2 Å². The molecule has 22 aromatic carbocycles. The Bertz CT molecular complexity index is 9390. The molecule has 0 aliphatic carbocycles. The molecule has 0 radical (unpaired) electrons. The van der Waals surface area contributed by atoms with E-state index in [0.717, 1.165) is 167 Å². The summed E-state index contributed by atoms with van der Waals surface area (Å²) in [6, 6.07) is 155. The maximum absolute atomic E-state index is 14.3. The van der Waals surface area contributed by atoms with E-state index in [1.807, 2.05) is 24.3 Å². The molecule has 0 bridgehead atoms. The van der Waals surface area contributed by atoms with Crippen LogP contribution in [0.1, 0.15) is 61.8 Å². The predicted octanol–water partition coefficient (Wildman–Crippen LogP) is 38.4. The SMILES string of the molecule is CC(C)c1ccc(N(c2ccc(F)cc2)c2ccc3cc4c5cc(-c6ccccc6)cc6c7cc8ccc(N(c9ccc(F)cc9)c9ccc(C(C)C)cc9)cc8cc7n(c4cc3c2)c56)cc1.Cc1cccc2c1oc1c(N(c3ccccc3)c3ccc4cc5c6cc(-c7ccccc7)cc7c8cc9ccc(N(c%10ccccc%10)c%10cccc%11c%10oc%10c(C)cccc%10%11)cc9cc8n(c5cc4c3)c67)cccc12. The van der Waals surface area contributed by atoms with Crippen molar-refractivity contribution in [2.24, 2.45) is 0 Å². The maximum Gasteiger partial charge on any atom is 0.159 e. The summed E-state index contributed by atoms with van der Waals surface area (Å²) >= 11 is 0. The van der Waals surface area contributed by atoms with Crippen LogP contribution >= 0.6 is 0 Å². The fraction of sp³-hybridized carbons (Fsp3) is 0.0606. The number of benzene rings is 22. The molecule has 6 aromatic heterocycles. The van der Waals surface area contributed by atoms with Crippen molar-refractivity contribution in [3.05, 3.63) is 471 Å². The van der Waals surface area contributed by atoms with Gasteiger partial charge in [-0.1, -0.05) is 234 Å². The minimum Gasteiger partial charge on any atom is -0.454 e. The van der Waals surface area contributed by atoms with Gasteiger partial charge in [0, 0.05) is 122 Å². The van der Waals surface area contributed by atoms with Gasteiger partial charge in [-0.25, -0.2) is 8.78 Å². The molecular formula is C132H92F2N6O2. The first-order chi connectivity index (χ1) is 69.6. The minimum atomic E-state index is -0.265. The molecule has 0 amide bonds. The number of furan rings is 2. The zero-order chi connectivity index (χ0) is 95.0. The average molecular weight is 1830 g/mol. The highest BCUT2D eigenvalue weighted by atomic mass is 19.1. The molecule has 0 saturated carbocycles. The minimum absolute atomic E-state index is 0.265. The molecule has 676 valence electrons. The van der Waals surface area contributed by atoms with Crippen molar-refractivity contribution in [2.45, 2.75) is 53.4 Å². The molecule has 0 N–H and O–H groups in total. The van der Waals surface area contributed by atoms with E-state index in [0.29, 0.717) is 11.8 Å². The molecule has 0 aliphatic heterocycles. The van der Waals surface area contributed by atoms with Crippen LogP contribution in [0.5, 0.6) is 0 Å². The molecule has 28 rings (SSSR count). The molecule has 8 nitrogen and oxygen atoms in total. The molecule has 0 saturated heterocycles. The normalized spacial score (nSPS) is 12.1. The summed E-state index contributed by atoms with van der Waals surface area (Å²) in [5, 5.41) is 23.4. The van der Waals surface area contributed by atoms with E-state index < -0.39 is 0 Å². The zero-order valence-electron chi connectivity index (χ0n) is 79.0. The molecular weight excluding hydrogens is 1740 g/mol. The van der Waals surface area contributed by atoms with Gasteiger partial charge in [0.25, 0.3) is 0 Å². The standard InChI is InChI=1S/C70H45N3O2.C62H47F2N3/c1-42-16-12-24-54-56-26-14-28-62(69(56)74-67(42)54)71(50-20-8-4-9-21-50)52-32-30-45-36-58-60-38-49(44-18-6-3-7-19-44)39-61-59-37-46-31-33-53(35-48(46)41-65(59)73(66(60)61)64(58)40-47(45)34-52)72(51-22-10-5-11-23-51)63-29-15-27-57-55-25-13-17-43(2)68(55)75-70(57)63;1-38(2)40-10-20-50(21-11-40)65(52-26-16-48(63)17-27-52)54-24-14-43-32-56-58-34-47(42-8-6-5-7-9-42)35-59-57-33-44-15-25-55(31-46(44)37-61(57)67(62(58)59)60(56)36-45(43)30-54)66(53-28-18-49(64)19-29-53)51-22-12-41(13-23-51)39(3)4/h3-41H,1-2H3;5-39H,1-4H3. The van der Waals surface area contributed by atoms with Gasteiger partial charge in [-0.2, -0.15) is 0 Å². The van der Waals surface area contributed by atoms with E-state index in [-0.39, 0.29) is 11.6 Å². The third-order valence-corrected chi connectivity index (χ3v) is 29.5. The second kappa shape index (κ2) is 32.9. The van der Waals surface area contributed by atoms with Gasteiger partial charge >= 0.3 is 0 Å². The van der Waals surface area contributed by atoms with Crippen molar-refractivity contribution in [1.82, 2.24) is 8.80 Å². The summed E-state index contributed by atoms with van der Waals surface area (Å²) in [6.45, 7) is 13.1. The van der Waals surface area contributed by atoms with Crippen LogP contribution in [0.15, 0.2) is 446 Å². The van der Waals surface area contributed by atoms with Crippen LogP contribution in [0.4, 0.5) is 77.0 Å². The number of hydrogen-bond acceptors (Lipinski definition) is 6. The molecule has 142 heavy (non-hydrogen) atoms. The van der Waals surface area contributed by atoms with Crippen LogP contribution in [-0.4, -0.2) is 8.80 Å². The summed E-state index contributed by atoms with van der Waals surface area (Å²) in [4.78, 5) is 9.10. The summed E-state index contributed by atoms with van der Waals surface area (Å²) in [5.41, 5.74) is 32.2. The Labute approximate surface area is 818 Å². The smallest absolute Gasteiger partial charge is 0.159 e. The summed E-state index contributed by atoms with van der Waals surface area (Å²) < 4.78 is 47.3. The van der Waals surface area contributed by atoms with Crippen molar-refractivity contribution in [1.29, 1.82) is 0 Å². The fourth-order valence-corrected chi connectivity index (χ4v) is 22.5. The second-order valence-corrected chi connectivity index (χ2v) is 38.7. The number of halogens is 2. The first-order valence-electron chi connectivity index (χ1n) is 48.9. The van der Waals surface area contributed by atoms with Crippen LogP contribution in [0.25, 0.3) is 185 Å². The highest BCUT2D eigenvalue weighted by Crippen LogP contribution is 2.53. The summed E-state index contributed by atoms with van der Waals surface area (Å²) in [5.74, 6) is 0.283. The highest BCUT2D eigenvalue weighted by Gasteiger charge is 2.29. The number of para-hydroxylation sites is 6. The number of hydrogen-bond donors (Lipinski definition) is 0. The van der Waals surface area contributed by atoms with Gasteiger partial charge in [-0.05, 0) is 344 Å². The third-order valence-electron chi connectivity index (χ3n) is 29.5. The summed E-state index contributed by atoms with van der Waals surface area (Å²) in [7, 11) is 0. The monoisotopic (exact) mass is 1830 g/mol. The van der Waals surface area contributed by atoms with Crippen molar-refractivity contribution in [3.8, 4) is 22.3 Å². The molecule has 0 aliphatic rings. The van der Waals surface area contributed by atoms with Gasteiger partial charge < -0.3 is 37.2 Å². The van der Waals surface area contributed by atoms with Crippen molar-refractivity contribution in [3.63, 3.8) is 0 Å². The van der Waals surface area contributed by atoms with Crippen molar-refractivity contribution < 1.29 is 17.6 Å². The van der Waals surface area contributed by atoms with E-state index in [1.54, 1.807) is 0 Å². The lowest BCUT2D eigenvalue weighted by atomic mass is 9.97. The lowest BCUT2D eigenvalue weighted by molar-refractivity contribution is 0.627. The van der Waals surface area contributed by atoms with Crippen LogP contribution in [0, 0.1) is 25.5 Å². The molecule has 0 fully saturated rings. The van der Waals surface area contributed by atoms with E-state index in [9.17, 15) is 8.78 Å². The number of nitrogens with zero attached hydrogens (tertiary/aromatic N) is 6. The number of fused-ring (bicyclic) bond motifs is 22. The van der Waals surface area contributed by atoms with Crippen molar-refractivity contribution in [2.75, 3.05) is 19.6 Å². The summed E-state index contributed by atoms with van der Waals surface area (Å²) in [6.07, 6.45) is 0.